The van der Waals surface area contributed by atoms with E-state index in [2.05, 4.69) is 10.4 Å². The highest BCUT2D eigenvalue weighted by Gasteiger charge is 2.14. The molecule has 0 saturated carbocycles. The number of rotatable bonds is 3. The van der Waals surface area contributed by atoms with E-state index < -0.39 is 0 Å². The first-order valence-corrected chi connectivity index (χ1v) is 6.09. The molecule has 3 N–H and O–H groups in total. The molecule has 0 aliphatic heterocycles. The number of anilines is 1. The minimum atomic E-state index is -0.221. The predicted octanol–water partition coefficient (Wildman–Crippen LogP) is 1.62. The standard InChI is InChI=1S/C13H14N4OS/c1-8-3-5-9(6-4-8)13(18)16-12-10(11(14)19)7-15-17(12)2/h3-7H,1-2H3,(H2,14,19)(H,16,18). The van der Waals surface area contributed by atoms with Crippen molar-refractivity contribution in [1.29, 1.82) is 0 Å². The number of nitrogens with one attached hydrogen (secondary N) is 1. The number of thiocarbonyl (C=S) groups is 1. The molecule has 2 aromatic rings. The van der Waals surface area contributed by atoms with Crippen LogP contribution in [0.15, 0.2) is 30.5 Å². The molecule has 0 atom stereocenters. The number of amides is 1. The fourth-order valence-corrected chi connectivity index (χ4v) is 1.80. The molecule has 5 nitrogen and oxygen atoms in total. The van der Waals surface area contributed by atoms with Crippen molar-refractivity contribution in [3.8, 4) is 0 Å². The third kappa shape index (κ3) is 2.79. The summed E-state index contributed by atoms with van der Waals surface area (Å²) in [5.41, 5.74) is 7.81. The third-order valence-corrected chi connectivity index (χ3v) is 2.97. The van der Waals surface area contributed by atoms with Crippen molar-refractivity contribution in [2.45, 2.75) is 6.92 Å². The van der Waals surface area contributed by atoms with Gasteiger partial charge in [0.1, 0.15) is 10.8 Å². The molecule has 1 amide bonds. The Labute approximate surface area is 116 Å². The first-order valence-electron chi connectivity index (χ1n) is 5.69. The van der Waals surface area contributed by atoms with Gasteiger partial charge in [-0.15, -0.1) is 0 Å². The second-order valence-corrected chi connectivity index (χ2v) is 4.65. The van der Waals surface area contributed by atoms with Crippen LogP contribution in [-0.4, -0.2) is 20.7 Å². The third-order valence-electron chi connectivity index (χ3n) is 2.75. The summed E-state index contributed by atoms with van der Waals surface area (Å²) in [6.45, 7) is 1.97. The lowest BCUT2D eigenvalue weighted by atomic mass is 10.1. The molecule has 1 heterocycles. The summed E-state index contributed by atoms with van der Waals surface area (Å²) < 4.78 is 1.53. The predicted molar refractivity (Wildman–Crippen MR) is 78.2 cm³/mol. The van der Waals surface area contributed by atoms with Crippen LogP contribution in [0, 0.1) is 6.92 Å². The molecule has 6 heteroatoms. The quantitative estimate of drug-likeness (QED) is 0.834. The lowest BCUT2D eigenvalue weighted by Crippen LogP contribution is -2.18. The Morgan fingerprint density at radius 3 is 2.58 bits per heavy atom. The number of hydrogen-bond acceptors (Lipinski definition) is 3. The van der Waals surface area contributed by atoms with E-state index in [-0.39, 0.29) is 10.9 Å². The molecule has 0 fully saturated rings. The maximum absolute atomic E-state index is 12.1. The Morgan fingerprint density at radius 1 is 1.37 bits per heavy atom. The SMILES string of the molecule is Cc1ccc(C(=O)Nc2c(C(N)=S)cnn2C)cc1. The van der Waals surface area contributed by atoms with Crippen LogP contribution in [0.25, 0.3) is 0 Å². The number of nitrogens with zero attached hydrogens (tertiary/aromatic N) is 2. The monoisotopic (exact) mass is 274 g/mol. The molecule has 0 spiro atoms. The van der Waals surface area contributed by atoms with Crippen molar-refractivity contribution in [1.82, 2.24) is 9.78 Å². The normalized spacial score (nSPS) is 10.2. The highest BCUT2D eigenvalue weighted by molar-refractivity contribution is 7.80. The summed E-state index contributed by atoms with van der Waals surface area (Å²) in [4.78, 5) is 12.3. The van der Waals surface area contributed by atoms with Crippen LogP contribution >= 0.6 is 12.2 Å². The molecule has 2 rings (SSSR count). The van der Waals surface area contributed by atoms with Gasteiger partial charge in [-0.25, -0.2) is 0 Å². The van der Waals surface area contributed by atoms with Gasteiger partial charge in [0.15, 0.2) is 0 Å². The molecule has 0 aliphatic rings. The second-order valence-electron chi connectivity index (χ2n) is 4.21. The van der Waals surface area contributed by atoms with Crippen molar-refractivity contribution in [3.05, 3.63) is 47.2 Å². The average molecular weight is 274 g/mol. The fraction of sp³-hybridized carbons (Fsp3) is 0.154. The number of nitrogens with two attached hydrogens (primary N) is 1. The summed E-state index contributed by atoms with van der Waals surface area (Å²) in [6, 6.07) is 7.29. The van der Waals surface area contributed by atoms with Gasteiger partial charge in [-0.05, 0) is 19.1 Å². The fourth-order valence-electron chi connectivity index (χ4n) is 1.65. The van der Waals surface area contributed by atoms with Gasteiger partial charge in [-0.1, -0.05) is 29.9 Å². The maximum atomic E-state index is 12.1. The Hall–Kier alpha value is -2.21. The minimum absolute atomic E-state index is 0.201. The molecular weight excluding hydrogens is 260 g/mol. The molecule has 1 aromatic heterocycles. The molecule has 0 bridgehead atoms. The largest absolute Gasteiger partial charge is 0.389 e. The zero-order chi connectivity index (χ0) is 14.0. The van der Waals surface area contributed by atoms with Crippen LogP contribution < -0.4 is 11.1 Å². The molecule has 0 saturated heterocycles. The lowest BCUT2D eigenvalue weighted by Gasteiger charge is -2.08. The van der Waals surface area contributed by atoms with Gasteiger partial charge in [0.2, 0.25) is 0 Å². The van der Waals surface area contributed by atoms with Crippen LogP contribution in [-0.2, 0) is 7.05 Å². The van der Waals surface area contributed by atoms with Crippen molar-refractivity contribution < 1.29 is 4.79 Å². The molecule has 1 aromatic carbocycles. The Morgan fingerprint density at radius 2 is 2.00 bits per heavy atom. The summed E-state index contributed by atoms with van der Waals surface area (Å²) >= 11 is 4.92. The summed E-state index contributed by atoms with van der Waals surface area (Å²) in [6.07, 6.45) is 1.53. The van der Waals surface area contributed by atoms with Crippen LogP contribution in [0.4, 0.5) is 5.82 Å². The van der Waals surface area contributed by atoms with Crippen molar-refractivity contribution in [2.24, 2.45) is 12.8 Å². The average Bonchev–Trinajstić information content (AvgIpc) is 2.72. The van der Waals surface area contributed by atoms with Gasteiger partial charge < -0.3 is 11.1 Å². The maximum Gasteiger partial charge on any atom is 0.256 e. The molecule has 0 unspecified atom stereocenters. The van der Waals surface area contributed by atoms with Gasteiger partial charge in [-0.3, -0.25) is 9.48 Å². The van der Waals surface area contributed by atoms with E-state index in [1.807, 2.05) is 19.1 Å². The summed E-state index contributed by atoms with van der Waals surface area (Å²) in [5.74, 6) is 0.277. The number of aromatic nitrogens is 2. The highest BCUT2D eigenvalue weighted by atomic mass is 32.1. The smallest absolute Gasteiger partial charge is 0.256 e. The van der Waals surface area contributed by atoms with E-state index in [0.29, 0.717) is 16.9 Å². The minimum Gasteiger partial charge on any atom is -0.389 e. The second kappa shape index (κ2) is 5.19. The van der Waals surface area contributed by atoms with Gasteiger partial charge in [-0.2, -0.15) is 5.10 Å². The molecule has 0 aliphatic carbocycles. The molecule has 98 valence electrons. The number of hydrogen-bond donors (Lipinski definition) is 2. The molecule has 19 heavy (non-hydrogen) atoms. The topological polar surface area (TPSA) is 72.9 Å². The van der Waals surface area contributed by atoms with Crippen LogP contribution in [0.5, 0.6) is 0 Å². The van der Waals surface area contributed by atoms with E-state index in [1.165, 1.54) is 10.9 Å². The van der Waals surface area contributed by atoms with E-state index in [4.69, 9.17) is 18.0 Å². The zero-order valence-corrected chi connectivity index (χ0v) is 11.5. The van der Waals surface area contributed by atoms with Gasteiger partial charge >= 0.3 is 0 Å². The van der Waals surface area contributed by atoms with Crippen molar-refractivity contribution in [2.75, 3.05) is 5.32 Å². The van der Waals surface area contributed by atoms with Crippen molar-refractivity contribution in [3.63, 3.8) is 0 Å². The van der Waals surface area contributed by atoms with Crippen molar-refractivity contribution >= 4 is 28.9 Å². The number of carbonyl (C=O) groups is 1. The molecule has 0 radical (unpaired) electrons. The van der Waals surface area contributed by atoms with E-state index >= 15 is 0 Å². The highest BCUT2D eigenvalue weighted by Crippen LogP contribution is 2.15. The zero-order valence-electron chi connectivity index (χ0n) is 10.7. The van der Waals surface area contributed by atoms with Crippen LogP contribution in [0.1, 0.15) is 21.5 Å². The van der Waals surface area contributed by atoms with E-state index in [1.54, 1.807) is 19.2 Å². The Bertz CT molecular complexity index is 631. The first-order chi connectivity index (χ1) is 8.99. The Balaban J connectivity index is 2.26. The summed E-state index contributed by atoms with van der Waals surface area (Å²) in [5, 5.41) is 6.80. The van der Waals surface area contributed by atoms with E-state index in [9.17, 15) is 4.79 Å². The summed E-state index contributed by atoms with van der Waals surface area (Å²) in [7, 11) is 1.71. The van der Waals surface area contributed by atoms with Gasteiger partial charge in [0.25, 0.3) is 5.91 Å². The number of carbonyl (C=O) groups excluding carboxylic acids is 1. The number of aryl methyl sites for hydroxylation is 2. The first kappa shape index (κ1) is 13.2. The van der Waals surface area contributed by atoms with Crippen LogP contribution in [0.2, 0.25) is 0 Å². The van der Waals surface area contributed by atoms with Gasteiger partial charge in [0.05, 0.1) is 11.8 Å². The van der Waals surface area contributed by atoms with Gasteiger partial charge in [0, 0.05) is 12.6 Å². The van der Waals surface area contributed by atoms with Crippen LogP contribution in [0.3, 0.4) is 0 Å². The number of benzene rings is 1. The van der Waals surface area contributed by atoms with E-state index in [0.717, 1.165) is 5.56 Å². The lowest BCUT2D eigenvalue weighted by molar-refractivity contribution is 0.102. The Kier molecular flexibility index (Phi) is 3.62. The molecular formula is C13H14N4OS.